The zero-order valence-corrected chi connectivity index (χ0v) is 10.3. The average molecular weight is 235 g/mol. The molecule has 0 spiro atoms. The largest absolute Gasteiger partial charge is 0.316 e. The molecule has 0 bridgehead atoms. The van der Waals surface area contributed by atoms with Gasteiger partial charge in [-0.2, -0.15) is 0 Å². The highest BCUT2D eigenvalue weighted by Crippen LogP contribution is 2.20. The van der Waals surface area contributed by atoms with Crippen LogP contribution in [0.1, 0.15) is 34.3 Å². The van der Waals surface area contributed by atoms with Gasteiger partial charge in [0.05, 0.1) is 0 Å². The molecule has 0 amide bonds. The molecule has 0 aliphatic carbocycles. The Morgan fingerprint density at radius 3 is 2.53 bits per heavy atom. The first-order valence-corrected chi connectivity index (χ1v) is 6.11. The molecule has 2 rings (SSSR count). The number of aryl methyl sites for hydroxylation is 2. The summed E-state index contributed by atoms with van der Waals surface area (Å²) in [4.78, 5) is 12.3. The van der Waals surface area contributed by atoms with Crippen molar-refractivity contribution in [3.63, 3.8) is 0 Å². The number of halogens is 1. The van der Waals surface area contributed by atoms with Gasteiger partial charge in [0.1, 0.15) is 5.82 Å². The van der Waals surface area contributed by atoms with E-state index >= 15 is 0 Å². The summed E-state index contributed by atoms with van der Waals surface area (Å²) in [5, 5.41) is 3.23. The van der Waals surface area contributed by atoms with Crippen molar-refractivity contribution in [1.29, 1.82) is 0 Å². The molecule has 1 atom stereocenters. The van der Waals surface area contributed by atoms with Gasteiger partial charge in [-0.3, -0.25) is 4.79 Å². The standard InChI is InChI=1S/C14H18FNO/c1-9-6-12(7-10(2)13(9)15)14(17)11-4-3-5-16-8-11/h6-7,11,16H,3-5,8H2,1-2H3. The zero-order valence-electron chi connectivity index (χ0n) is 10.3. The topological polar surface area (TPSA) is 29.1 Å². The molecule has 1 N–H and O–H groups in total. The van der Waals surface area contributed by atoms with Crippen LogP contribution >= 0.6 is 0 Å². The Bertz CT molecular complexity index is 413. The number of ketones is 1. The van der Waals surface area contributed by atoms with Gasteiger partial charge in [0.2, 0.25) is 0 Å². The number of carbonyl (C=O) groups is 1. The summed E-state index contributed by atoms with van der Waals surface area (Å²) >= 11 is 0. The molecule has 0 aromatic heterocycles. The summed E-state index contributed by atoms with van der Waals surface area (Å²) in [6, 6.07) is 3.33. The third-order valence-corrected chi connectivity index (χ3v) is 3.39. The molecule has 0 saturated carbocycles. The van der Waals surface area contributed by atoms with Crippen LogP contribution in [0.3, 0.4) is 0 Å². The highest BCUT2D eigenvalue weighted by molar-refractivity contribution is 5.98. The van der Waals surface area contributed by atoms with Crippen LogP contribution < -0.4 is 5.32 Å². The predicted octanol–water partition coefficient (Wildman–Crippen LogP) is 2.62. The van der Waals surface area contributed by atoms with Crippen LogP contribution in [-0.4, -0.2) is 18.9 Å². The number of hydrogen-bond donors (Lipinski definition) is 1. The Kier molecular flexibility index (Phi) is 3.57. The van der Waals surface area contributed by atoms with E-state index in [2.05, 4.69) is 5.32 Å². The second kappa shape index (κ2) is 4.96. The normalized spacial score (nSPS) is 20.3. The van der Waals surface area contributed by atoms with Crippen molar-refractivity contribution < 1.29 is 9.18 Å². The van der Waals surface area contributed by atoms with Crippen molar-refractivity contribution in [3.8, 4) is 0 Å². The number of rotatable bonds is 2. The Hall–Kier alpha value is -1.22. The van der Waals surface area contributed by atoms with Gasteiger partial charge in [-0.1, -0.05) is 0 Å². The van der Waals surface area contributed by atoms with Gasteiger partial charge in [-0.15, -0.1) is 0 Å². The lowest BCUT2D eigenvalue weighted by atomic mass is 9.89. The fourth-order valence-corrected chi connectivity index (χ4v) is 2.40. The molecular formula is C14H18FNO. The second-order valence-corrected chi connectivity index (χ2v) is 4.83. The first-order chi connectivity index (χ1) is 8.09. The zero-order chi connectivity index (χ0) is 12.4. The van der Waals surface area contributed by atoms with Crippen LogP contribution in [0.15, 0.2) is 12.1 Å². The monoisotopic (exact) mass is 235 g/mol. The fraction of sp³-hybridized carbons (Fsp3) is 0.500. The number of hydrogen-bond acceptors (Lipinski definition) is 2. The third-order valence-electron chi connectivity index (χ3n) is 3.39. The Morgan fingerprint density at radius 2 is 2.00 bits per heavy atom. The van der Waals surface area contributed by atoms with E-state index in [0.29, 0.717) is 16.7 Å². The van der Waals surface area contributed by atoms with E-state index in [1.807, 2.05) is 0 Å². The first kappa shape index (κ1) is 12.2. The minimum absolute atomic E-state index is 0.0491. The maximum absolute atomic E-state index is 13.5. The van der Waals surface area contributed by atoms with Crippen molar-refractivity contribution >= 4 is 5.78 Å². The minimum Gasteiger partial charge on any atom is -0.316 e. The highest BCUT2D eigenvalue weighted by atomic mass is 19.1. The van der Waals surface area contributed by atoms with Crippen LogP contribution in [0.2, 0.25) is 0 Å². The third kappa shape index (κ3) is 2.55. The second-order valence-electron chi connectivity index (χ2n) is 4.83. The summed E-state index contributed by atoms with van der Waals surface area (Å²) in [7, 11) is 0. The SMILES string of the molecule is Cc1cc(C(=O)C2CCCNC2)cc(C)c1F. The van der Waals surface area contributed by atoms with Crippen molar-refractivity contribution in [3.05, 3.63) is 34.6 Å². The molecule has 17 heavy (non-hydrogen) atoms. The van der Waals surface area contributed by atoms with Crippen LogP contribution in [0, 0.1) is 25.6 Å². The maximum Gasteiger partial charge on any atom is 0.167 e. The number of Topliss-reactive ketones (excluding diaryl/α,β-unsaturated/α-hetero) is 1. The van der Waals surface area contributed by atoms with E-state index in [9.17, 15) is 9.18 Å². The maximum atomic E-state index is 13.5. The highest BCUT2D eigenvalue weighted by Gasteiger charge is 2.23. The molecule has 1 aliphatic rings. The number of benzene rings is 1. The van der Waals surface area contributed by atoms with E-state index in [1.54, 1.807) is 26.0 Å². The van der Waals surface area contributed by atoms with Gasteiger partial charge in [0.15, 0.2) is 5.78 Å². The summed E-state index contributed by atoms with van der Waals surface area (Å²) in [5.74, 6) is -0.0141. The molecule has 1 aliphatic heterocycles. The van der Waals surface area contributed by atoms with E-state index in [1.165, 1.54) is 0 Å². The fourth-order valence-electron chi connectivity index (χ4n) is 2.40. The summed E-state index contributed by atoms with van der Waals surface area (Å²) in [6.45, 7) is 5.15. The van der Waals surface area contributed by atoms with Crippen LogP contribution in [0.25, 0.3) is 0 Å². The minimum atomic E-state index is -0.205. The molecule has 3 heteroatoms. The molecule has 2 nitrogen and oxygen atoms in total. The molecule has 1 aromatic rings. The average Bonchev–Trinajstić information content (AvgIpc) is 2.35. The lowest BCUT2D eigenvalue weighted by molar-refractivity contribution is 0.0899. The number of nitrogens with one attached hydrogen (secondary N) is 1. The first-order valence-electron chi connectivity index (χ1n) is 6.11. The lowest BCUT2D eigenvalue weighted by Gasteiger charge is -2.21. The summed E-state index contributed by atoms with van der Waals surface area (Å²) < 4.78 is 13.5. The molecule has 0 radical (unpaired) electrons. The molecular weight excluding hydrogens is 217 g/mol. The summed E-state index contributed by atoms with van der Waals surface area (Å²) in [5.41, 5.74) is 1.75. The van der Waals surface area contributed by atoms with Gasteiger partial charge in [-0.05, 0) is 56.5 Å². The van der Waals surface area contributed by atoms with Crippen molar-refractivity contribution in [2.24, 2.45) is 5.92 Å². The van der Waals surface area contributed by atoms with Crippen LogP contribution in [0.5, 0.6) is 0 Å². The quantitative estimate of drug-likeness (QED) is 0.798. The molecule has 1 fully saturated rings. The lowest BCUT2D eigenvalue weighted by Crippen LogP contribution is -2.34. The predicted molar refractivity (Wildman–Crippen MR) is 65.8 cm³/mol. The van der Waals surface area contributed by atoms with E-state index in [4.69, 9.17) is 0 Å². The van der Waals surface area contributed by atoms with Gasteiger partial charge in [0.25, 0.3) is 0 Å². The Labute approximate surface area is 101 Å². The van der Waals surface area contributed by atoms with Gasteiger partial charge >= 0.3 is 0 Å². The van der Waals surface area contributed by atoms with E-state index in [-0.39, 0.29) is 17.5 Å². The molecule has 92 valence electrons. The molecule has 1 aromatic carbocycles. The smallest absolute Gasteiger partial charge is 0.167 e. The van der Waals surface area contributed by atoms with Crippen molar-refractivity contribution in [2.45, 2.75) is 26.7 Å². The molecule has 1 saturated heterocycles. The molecule has 1 heterocycles. The van der Waals surface area contributed by atoms with Gasteiger partial charge in [0, 0.05) is 18.0 Å². The van der Waals surface area contributed by atoms with Crippen LogP contribution in [0.4, 0.5) is 4.39 Å². The van der Waals surface area contributed by atoms with E-state index in [0.717, 1.165) is 25.9 Å². The van der Waals surface area contributed by atoms with Crippen LogP contribution in [-0.2, 0) is 0 Å². The van der Waals surface area contributed by atoms with Crippen molar-refractivity contribution in [2.75, 3.05) is 13.1 Å². The van der Waals surface area contributed by atoms with Gasteiger partial charge in [-0.25, -0.2) is 4.39 Å². The van der Waals surface area contributed by atoms with E-state index < -0.39 is 0 Å². The molecule has 1 unspecified atom stereocenters. The Balaban J connectivity index is 2.24. The van der Waals surface area contributed by atoms with Gasteiger partial charge < -0.3 is 5.32 Å². The number of piperidine rings is 1. The summed E-state index contributed by atoms with van der Waals surface area (Å²) in [6.07, 6.45) is 1.97. The Morgan fingerprint density at radius 1 is 1.35 bits per heavy atom. The van der Waals surface area contributed by atoms with Crippen molar-refractivity contribution in [1.82, 2.24) is 5.32 Å². The number of carbonyl (C=O) groups excluding carboxylic acids is 1.